The van der Waals surface area contributed by atoms with Gasteiger partial charge in [0.1, 0.15) is 0 Å². The van der Waals surface area contributed by atoms with Crippen LogP contribution >= 0.6 is 0 Å². The summed E-state index contributed by atoms with van der Waals surface area (Å²) in [6, 6.07) is 9.59. The van der Waals surface area contributed by atoms with E-state index in [1.54, 1.807) is 12.0 Å². The highest BCUT2D eigenvalue weighted by Crippen LogP contribution is 2.27. The fourth-order valence-electron chi connectivity index (χ4n) is 3.70. The molecule has 3 rings (SSSR count). The van der Waals surface area contributed by atoms with Crippen molar-refractivity contribution in [2.24, 2.45) is 11.8 Å². The number of likely N-dealkylation sites (tertiary alicyclic amines) is 1. The molecular weight excluding hydrogens is 332 g/mol. The monoisotopic (exact) mass is 360 g/mol. The molecule has 1 aromatic rings. The smallest absolute Gasteiger partial charge is 0.228 e. The second-order valence-corrected chi connectivity index (χ2v) is 7.08. The lowest BCUT2D eigenvalue weighted by Crippen LogP contribution is -2.43. The average molecular weight is 360 g/mol. The summed E-state index contributed by atoms with van der Waals surface area (Å²) < 4.78 is 10.6. The van der Waals surface area contributed by atoms with Crippen LogP contribution in [0.25, 0.3) is 0 Å². The van der Waals surface area contributed by atoms with Crippen LogP contribution in [0.2, 0.25) is 0 Å². The minimum absolute atomic E-state index is 0.0379. The molecule has 0 radical (unpaired) electrons. The van der Waals surface area contributed by atoms with Gasteiger partial charge in [-0.1, -0.05) is 18.2 Å². The SMILES string of the molecule is COCCOCC1CCN(C(=O)C2CC(=O)N(c3ccccc3)C2)CC1. The molecule has 0 saturated carbocycles. The molecule has 1 unspecified atom stereocenters. The maximum absolute atomic E-state index is 12.8. The number of anilines is 1. The van der Waals surface area contributed by atoms with Crippen molar-refractivity contribution < 1.29 is 19.1 Å². The number of piperidine rings is 1. The van der Waals surface area contributed by atoms with Crippen molar-refractivity contribution in [1.82, 2.24) is 4.90 Å². The zero-order valence-electron chi connectivity index (χ0n) is 15.4. The first-order chi connectivity index (χ1) is 12.7. The number of carbonyl (C=O) groups is 2. The van der Waals surface area contributed by atoms with Crippen LogP contribution in [0, 0.1) is 11.8 Å². The normalized spacial score (nSPS) is 21.4. The lowest BCUT2D eigenvalue weighted by Gasteiger charge is -2.33. The Balaban J connectivity index is 1.46. The molecule has 1 aromatic carbocycles. The van der Waals surface area contributed by atoms with Gasteiger partial charge in [0.15, 0.2) is 0 Å². The van der Waals surface area contributed by atoms with Crippen molar-refractivity contribution in [1.29, 1.82) is 0 Å². The van der Waals surface area contributed by atoms with Gasteiger partial charge in [-0.25, -0.2) is 0 Å². The zero-order valence-corrected chi connectivity index (χ0v) is 15.4. The van der Waals surface area contributed by atoms with Crippen LogP contribution < -0.4 is 4.90 Å². The van der Waals surface area contributed by atoms with E-state index in [0.717, 1.165) is 38.2 Å². The van der Waals surface area contributed by atoms with Gasteiger partial charge in [-0.15, -0.1) is 0 Å². The van der Waals surface area contributed by atoms with Gasteiger partial charge in [-0.2, -0.15) is 0 Å². The fraction of sp³-hybridized carbons (Fsp3) is 0.600. The Labute approximate surface area is 155 Å². The maximum Gasteiger partial charge on any atom is 0.228 e. The van der Waals surface area contributed by atoms with Crippen LogP contribution in [0.4, 0.5) is 5.69 Å². The first-order valence-electron chi connectivity index (χ1n) is 9.40. The largest absolute Gasteiger partial charge is 0.382 e. The zero-order chi connectivity index (χ0) is 18.4. The Morgan fingerprint density at radius 3 is 2.58 bits per heavy atom. The van der Waals surface area contributed by atoms with Crippen molar-refractivity contribution in [3.05, 3.63) is 30.3 Å². The summed E-state index contributed by atoms with van der Waals surface area (Å²) in [6.45, 7) is 3.97. The molecule has 142 valence electrons. The second kappa shape index (κ2) is 9.14. The second-order valence-electron chi connectivity index (χ2n) is 7.08. The van der Waals surface area contributed by atoms with Gasteiger partial charge in [0, 0.05) is 45.5 Å². The molecule has 2 saturated heterocycles. The van der Waals surface area contributed by atoms with Crippen molar-refractivity contribution in [3.8, 4) is 0 Å². The third kappa shape index (κ3) is 4.62. The molecule has 2 aliphatic rings. The molecule has 26 heavy (non-hydrogen) atoms. The molecule has 0 bridgehead atoms. The molecule has 1 atom stereocenters. The third-order valence-electron chi connectivity index (χ3n) is 5.25. The summed E-state index contributed by atoms with van der Waals surface area (Å²) >= 11 is 0. The lowest BCUT2D eigenvalue weighted by molar-refractivity contribution is -0.137. The molecule has 6 heteroatoms. The van der Waals surface area contributed by atoms with Gasteiger partial charge in [0.2, 0.25) is 11.8 Å². The van der Waals surface area contributed by atoms with Crippen molar-refractivity contribution >= 4 is 17.5 Å². The lowest BCUT2D eigenvalue weighted by atomic mass is 9.96. The Bertz CT molecular complexity index is 599. The number of ether oxygens (including phenoxy) is 2. The highest BCUT2D eigenvalue weighted by Gasteiger charge is 2.38. The molecular formula is C20H28N2O4. The molecule has 0 N–H and O–H groups in total. The summed E-state index contributed by atoms with van der Waals surface area (Å²) in [4.78, 5) is 28.8. The summed E-state index contributed by atoms with van der Waals surface area (Å²) in [7, 11) is 1.67. The highest BCUT2D eigenvalue weighted by atomic mass is 16.5. The van der Waals surface area contributed by atoms with E-state index in [0.29, 0.717) is 32.1 Å². The molecule has 2 fully saturated rings. The van der Waals surface area contributed by atoms with Crippen LogP contribution in [0.15, 0.2) is 30.3 Å². The van der Waals surface area contributed by atoms with Crippen molar-refractivity contribution in [3.63, 3.8) is 0 Å². The summed E-state index contributed by atoms with van der Waals surface area (Å²) in [5, 5.41) is 0. The van der Waals surface area contributed by atoms with E-state index in [1.807, 2.05) is 35.2 Å². The molecule has 2 heterocycles. The number of hydrogen-bond acceptors (Lipinski definition) is 4. The fourth-order valence-corrected chi connectivity index (χ4v) is 3.70. The molecule has 6 nitrogen and oxygen atoms in total. The predicted molar refractivity (Wildman–Crippen MR) is 98.9 cm³/mol. The van der Waals surface area contributed by atoms with E-state index in [-0.39, 0.29) is 17.7 Å². The Hall–Kier alpha value is -1.92. The van der Waals surface area contributed by atoms with E-state index in [9.17, 15) is 9.59 Å². The van der Waals surface area contributed by atoms with Gasteiger partial charge in [-0.3, -0.25) is 9.59 Å². The van der Waals surface area contributed by atoms with E-state index >= 15 is 0 Å². The number of nitrogens with zero attached hydrogens (tertiary/aromatic N) is 2. The van der Waals surface area contributed by atoms with E-state index in [1.165, 1.54) is 0 Å². The highest BCUT2D eigenvalue weighted by molar-refractivity contribution is 6.00. The molecule has 0 aromatic heterocycles. The van der Waals surface area contributed by atoms with Gasteiger partial charge >= 0.3 is 0 Å². The first kappa shape index (κ1) is 18.9. The quantitative estimate of drug-likeness (QED) is 0.698. The molecule has 0 spiro atoms. The Morgan fingerprint density at radius 2 is 1.88 bits per heavy atom. The van der Waals surface area contributed by atoms with E-state index in [2.05, 4.69) is 0 Å². The maximum atomic E-state index is 12.8. The number of benzene rings is 1. The summed E-state index contributed by atoms with van der Waals surface area (Å²) in [5.41, 5.74) is 0.875. The van der Waals surface area contributed by atoms with E-state index in [4.69, 9.17) is 9.47 Å². The Morgan fingerprint density at radius 1 is 1.15 bits per heavy atom. The van der Waals surface area contributed by atoms with Crippen LogP contribution in [0.3, 0.4) is 0 Å². The van der Waals surface area contributed by atoms with Crippen LogP contribution in [0.5, 0.6) is 0 Å². The van der Waals surface area contributed by atoms with Gasteiger partial charge < -0.3 is 19.3 Å². The molecule has 0 aliphatic carbocycles. The van der Waals surface area contributed by atoms with Crippen LogP contribution in [-0.4, -0.2) is 63.3 Å². The van der Waals surface area contributed by atoms with Gasteiger partial charge in [0.05, 0.1) is 19.1 Å². The number of amides is 2. The summed E-state index contributed by atoms with van der Waals surface area (Å²) in [6.07, 6.45) is 2.23. The number of para-hydroxylation sites is 1. The third-order valence-corrected chi connectivity index (χ3v) is 5.25. The first-order valence-corrected chi connectivity index (χ1v) is 9.40. The van der Waals surface area contributed by atoms with Crippen molar-refractivity contribution in [2.45, 2.75) is 19.3 Å². The van der Waals surface area contributed by atoms with Crippen molar-refractivity contribution in [2.75, 3.05) is 51.5 Å². The number of carbonyl (C=O) groups excluding carboxylic acids is 2. The van der Waals surface area contributed by atoms with Crippen LogP contribution in [-0.2, 0) is 19.1 Å². The van der Waals surface area contributed by atoms with Crippen LogP contribution in [0.1, 0.15) is 19.3 Å². The molecule has 2 amide bonds. The molecule has 2 aliphatic heterocycles. The van der Waals surface area contributed by atoms with E-state index < -0.39 is 0 Å². The average Bonchev–Trinajstić information content (AvgIpc) is 3.07. The van der Waals surface area contributed by atoms with Gasteiger partial charge in [-0.05, 0) is 30.9 Å². The summed E-state index contributed by atoms with van der Waals surface area (Å²) in [5.74, 6) is 0.436. The number of rotatable bonds is 7. The topological polar surface area (TPSA) is 59.1 Å². The minimum Gasteiger partial charge on any atom is -0.382 e. The Kier molecular flexibility index (Phi) is 6.63. The van der Waals surface area contributed by atoms with Gasteiger partial charge in [0.25, 0.3) is 0 Å². The number of methoxy groups -OCH3 is 1. The predicted octanol–water partition coefficient (Wildman–Crippen LogP) is 1.94. The standard InChI is InChI=1S/C20H28N2O4/c1-25-11-12-26-15-16-7-9-21(10-8-16)20(24)17-13-19(23)22(14-17)18-5-3-2-4-6-18/h2-6,16-17H,7-15H2,1H3. The minimum atomic E-state index is -0.225. The number of hydrogen-bond donors (Lipinski definition) is 0.